The van der Waals surface area contributed by atoms with Crippen molar-refractivity contribution in [3.8, 4) is 0 Å². The van der Waals surface area contributed by atoms with E-state index in [2.05, 4.69) is 41.3 Å². The lowest BCUT2D eigenvalue weighted by Crippen LogP contribution is -2.33. The minimum Gasteiger partial charge on any atom is -0.297 e. The smallest absolute Gasteiger partial charge is 0.150 e. The fourth-order valence-corrected chi connectivity index (χ4v) is 5.28. The van der Waals surface area contributed by atoms with Crippen LogP contribution in [0.4, 0.5) is 0 Å². The molecule has 1 aromatic rings. The molecule has 0 aliphatic carbocycles. The quantitative estimate of drug-likeness (QED) is 0.858. The summed E-state index contributed by atoms with van der Waals surface area (Å²) < 4.78 is 23.1. The molecule has 0 bridgehead atoms. The van der Waals surface area contributed by atoms with Crippen molar-refractivity contribution in [3.63, 3.8) is 0 Å². The summed E-state index contributed by atoms with van der Waals surface area (Å²) in [6.45, 7) is 2.03. The van der Waals surface area contributed by atoms with Gasteiger partial charge < -0.3 is 0 Å². The van der Waals surface area contributed by atoms with E-state index in [0.717, 1.165) is 19.5 Å². The standard InChI is InChI=1S/C17H23NO2S/c19-21(20)12-10-16(14-21)13-18-11-4-7-17(18)9-8-15-5-2-1-3-6-15/h1-3,5-6,8-9,16-17H,4,7,10-14H2. The highest BCUT2D eigenvalue weighted by molar-refractivity contribution is 7.91. The molecule has 0 saturated carbocycles. The van der Waals surface area contributed by atoms with Gasteiger partial charge in [-0.25, -0.2) is 8.42 Å². The van der Waals surface area contributed by atoms with Gasteiger partial charge in [-0.1, -0.05) is 42.5 Å². The van der Waals surface area contributed by atoms with Crippen LogP contribution in [-0.2, 0) is 9.84 Å². The third-order valence-corrected chi connectivity index (χ3v) is 6.38. The monoisotopic (exact) mass is 305 g/mol. The maximum atomic E-state index is 11.6. The van der Waals surface area contributed by atoms with Gasteiger partial charge in [0.2, 0.25) is 0 Å². The third-order valence-electron chi connectivity index (χ3n) is 4.54. The second kappa shape index (κ2) is 6.32. The Morgan fingerprint density at radius 2 is 2.00 bits per heavy atom. The summed E-state index contributed by atoms with van der Waals surface area (Å²) in [5.74, 6) is 1.11. The number of sulfone groups is 1. The van der Waals surface area contributed by atoms with Crippen molar-refractivity contribution in [1.82, 2.24) is 4.90 Å². The van der Waals surface area contributed by atoms with E-state index in [4.69, 9.17) is 0 Å². The number of benzene rings is 1. The van der Waals surface area contributed by atoms with Gasteiger partial charge in [-0.15, -0.1) is 0 Å². The first-order chi connectivity index (χ1) is 10.1. The molecule has 0 radical (unpaired) electrons. The van der Waals surface area contributed by atoms with E-state index in [0.29, 0.717) is 23.5 Å². The first-order valence-corrected chi connectivity index (χ1v) is 9.62. The van der Waals surface area contributed by atoms with Gasteiger partial charge in [-0.05, 0) is 37.3 Å². The Balaban J connectivity index is 1.59. The third kappa shape index (κ3) is 3.95. The molecule has 3 nitrogen and oxygen atoms in total. The predicted molar refractivity (Wildman–Crippen MR) is 86.8 cm³/mol. The normalized spacial score (nSPS) is 29.3. The van der Waals surface area contributed by atoms with Crippen LogP contribution in [0.5, 0.6) is 0 Å². The Hall–Kier alpha value is -1.13. The van der Waals surface area contributed by atoms with Gasteiger partial charge in [-0.3, -0.25) is 4.90 Å². The second-order valence-electron chi connectivity index (χ2n) is 6.24. The van der Waals surface area contributed by atoms with Crippen LogP contribution in [0.2, 0.25) is 0 Å². The van der Waals surface area contributed by atoms with Gasteiger partial charge in [0.1, 0.15) is 0 Å². The van der Waals surface area contributed by atoms with Crippen molar-refractivity contribution < 1.29 is 8.42 Å². The summed E-state index contributed by atoms with van der Waals surface area (Å²) in [4.78, 5) is 2.46. The van der Waals surface area contributed by atoms with Crippen molar-refractivity contribution in [2.75, 3.05) is 24.6 Å². The molecule has 0 spiro atoms. The Kier molecular flexibility index (Phi) is 4.45. The van der Waals surface area contributed by atoms with Crippen LogP contribution in [-0.4, -0.2) is 44.0 Å². The molecule has 3 rings (SSSR count). The molecular formula is C17H23NO2S. The van der Waals surface area contributed by atoms with Crippen LogP contribution >= 0.6 is 0 Å². The van der Waals surface area contributed by atoms with Crippen molar-refractivity contribution >= 4 is 15.9 Å². The van der Waals surface area contributed by atoms with Crippen LogP contribution in [0.25, 0.3) is 6.08 Å². The van der Waals surface area contributed by atoms with Crippen molar-refractivity contribution in [2.24, 2.45) is 5.92 Å². The SMILES string of the molecule is O=S1(=O)CCC(CN2CCCC2C=Cc2ccccc2)C1. The molecule has 0 aromatic heterocycles. The highest BCUT2D eigenvalue weighted by Crippen LogP contribution is 2.25. The van der Waals surface area contributed by atoms with Crippen LogP contribution in [0.15, 0.2) is 36.4 Å². The summed E-state index contributed by atoms with van der Waals surface area (Å²) in [5, 5.41) is 0. The van der Waals surface area contributed by atoms with Crippen LogP contribution in [0, 0.1) is 5.92 Å². The van der Waals surface area contributed by atoms with E-state index in [1.54, 1.807) is 0 Å². The van der Waals surface area contributed by atoms with Gasteiger partial charge in [0.15, 0.2) is 9.84 Å². The molecule has 4 heteroatoms. The lowest BCUT2D eigenvalue weighted by Gasteiger charge is -2.24. The summed E-state index contributed by atoms with van der Waals surface area (Å²) >= 11 is 0. The minimum atomic E-state index is -2.75. The second-order valence-corrected chi connectivity index (χ2v) is 8.47. The topological polar surface area (TPSA) is 37.4 Å². The highest BCUT2D eigenvalue weighted by Gasteiger charge is 2.32. The van der Waals surface area contributed by atoms with Crippen molar-refractivity contribution in [2.45, 2.75) is 25.3 Å². The lowest BCUT2D eigenvalue weighted by atomic mass is 10.1. The predicted octanol–water partition coefficient (Wildman–Crippen LogP) is 2.60. The zero-order chi connectivity index (χ0) is 14.7. The average Bonchev–Trinajstić information content (AvgIpc) is 3.04. The number of likely N-dealkylation sites (tertiary alicyclic amines) is 1. The van der Waals surface area contributed by atoms with Crippen molar-refractivity contribution in [3.05, 3.63) is 42.0 Å². The summed E-state index contributed by atoms with van der Waals surface area (Å²) in [7, 11) is -2.75. The van der Waals surface area contributed by atoms with E-state index in [9.17, 15) is 8.42 Å². The summed E-state index contributed by atoms with van der Waals surface area (Å²) in [6, 6.07) is 10.8. The Morgan fingerprint density at radius 1 is 1.19 bits per heavy atom. The van der Waals surface area contributed by atoms with E-state index >= 15 is 0 Å². The maximum Gasteiger partial charge on any atom is 0.150 e. The number of hydrogen-bond acceptors (Lipinski definition) is 3. The molecular weight excluding hydrogens is 282 g/mol. The molecule has 1 aromatic carbocycles. The Labute approximate surface area is 127 Å². The fraction of sp³-hybridized carbons (Fsp3) is 0.529. The molecule has 2 heterocycles. The van der Waals surface area contributed by atoms with Gasteiger partial charge >= 0.3 is 0 Å². The van der Waals surface area contributed by atoms with Crippen LogP contribution < -0.4 is 0 Å². The molecule has 2 saturated heterocycles. The summed E-state index contributed by atoms with van der Waals surface area (Å²) in [6.07, 6.45) is 7.71. The van der Waals surface area contributed by atoms with Crippen molar-refractivity contribution in [1.29, 1.82) is 0 Å². The molecule has 2 aliphatic heterocycles. The van der Waals surface area contributed by atoms with Gasteiger partial charge in [-0.2, -0.15) is 0 Å². The van der Waals surface area contributed by atoms with E-state index in [1.165, 1.54) is 18.4 Å². The number of rotatable bonds is 4. The van der Waals surface area contributed by atoms with Crippen LogP contribution in [0.3, 0.4) is 0 Å². The van der Waals surface area contributed by atoms with Crippen LogP contribution in [0.1, 0.15) is 24.8 Å². The lowest BCUT2D eigenvalue weighted by molar-refractivity contribution is 0.252. The fourth-order valence-electron chi connectivity index (χ4n) is 3.43. The van der Waals surface area contributed by atoms with Gasteiger partial charge in [0.05, 0.1) is 11.5 Å². The van der Waals surface area contributed by atoms with Gasteiger partial charge in [0, 0.05) is 12.6 Å². The molecule has 2 atom stereocenters. The molecule has 2 fully saturated rings. The average molecular weight is 305 g/mol. The molecule has 114 valence electrons. The zero-order valence-corrected chi connectivity index (χ0v) is 13.1. The largest absolute Gasteiger partial charge is 0.297 e. The maximum absolute atomic E-state index is 11.6. The molecule has 0 N–H and O–H groups in total. The Bertz CT molecular complexity index is 594. The first kappa shape index (κ1) is 14.8. The molecule has 0 amide bonds. The van der Waals surface area contributed by atoms with E-state index < -0.39 is 9.84 Å². The van der Waals surface area contributed by atoms with E-state index in [-0.39, 0.29) is 0 Å². The Morgan fingerprint density at radius 3 is 2.71 bits per heavy atom. The zero-order valence-electron chi connectivity index (χ0n) is 12.3. The number of nitrogens with zero attached hydrogens (tertiary/aromatic N) is 1. The minimum absolute atomic E-state index is 0.334. The van der Waals surface area contributed by atoms with E-state index in [1.807, 2.05) is 6.07 Å². The van der Waals surface area contributed by atoms with Gasteiger partial charge in [0.25, 0.3) is 0 Å². The first-order valence-electron chi connectivity index (χ1n) is 7.80. The molecule has 2 unspecified atom stereocenters. The molecule has 21 heavy (non-hydrogen) atoms. The molecule has 2 aliphatic rings. The summed E-state index contributed by atoms with van der Waals surface area (Å²) in [5.41, 5.74) is 1.23. The number of hydrogen-bond donors (Lipinski definition) is 0. The highest BCUT2D eigenvalue weighted by atomic mass is 32.2.